The van der Waals surface area contributed by atoms with Crippen LogP contribution in [0.5, 0.6) is 11.5 Å². The van der Waals surface area contributed by atoms with E-state index in [4.69, 9.17) is 16.4 Å². The monoisotopic (exact) mass is 437 g/mol. The van der Waals surface area contributed by atoms with Gasteiger partial charge < -0.3 is 9.53 Å². The predicted molar refractivity (Wildman–Crippen MR) is 128 cm³/mol. The van der Waals surface area contributed by atoms with E-state index in [0.717, 1.165) is 41.3 Å². The van der Waals surface area contributed by atoms with E-state index in [-0.39, 0.29) is 17.4 Å². The second-order valence-corrected chi connectivity index (χ2v) is 9.81. The largest absolute Gasteiger partial charge is 0.457 e. The van der Waals surface area contributed by atoms with E-state index in [1.54, 1.807) is 0 Å². The van der Waals surface area contributed by atoms with Gasteiger partial charge >= 0.3 is 0 Å². The first-order valence-corrected chi connectivity index (χ1v) is 11.3. The number of ether oxygens (including phenoxy) is 1. The van der Waals surface area contributed by atoms with Crippen molar-refractivity contribution in [3.05, 3.63) is 89.0 Å². The molecule has 0 N–H and O–H groups in total. The van der Waals surface area contributed by atoms with E-state index < -0.39 is 10.8 Å². The summed E-state index contributed by atoms with van der Waals surface area (Å²) in [6.45, 7) is 13.7. The standard InChI is InChI=1S/C28H27N3O2/c1-27(2)23-16-15-21-24(18-11-13-20(14-12-18)33-19-9-7-6-8-10-19)31(5)30-25(21)28(23,3)17-22(29-4)26(27)32/h6-14,17,23H,15-16H2,1-3,5H3/t23-,28-/m0/s1. The molecule has 33 heavy (non-hydrogen) atoms. The molecule has 0 aliphatic heterocycles. The fourth-order valence-corrected chi connectivity index (χ4v) is 5.86. The van der Waals surface area contributed by atoms with E-state index in [0.29, 0.717) is 0 Å². The highest BCUT2D eigenvalue weighted by atomic mass is 16.5. The van der Waals surface area contributed by atoms with E-state index in [1.165, 1.54) is 5.56 Å². The molecule has 3 aromatic rings. The smallest absolute Gasteiger partial charge is 0.226 e. The molecule has 5 nitrogen and oxygen atoms in total. The summed E-state index contributed by atoms with van der Waals surface area (Å²) in [6.07, 6.45) is 3.63. The van der Waals surface area contributed by atoms with Crippen LogP contribution in [0.25, 0.3) is 16.1 Å². The minimum atomic E-state index is -0.588. The normalized spacial score (nSPS) is 23.2. The van der Waals surface area contributed by atoms with Crippen LogP contribution in [-0.2, 0) is 23.7 Å². The molecule has 2 aromatic carbocycles. The highest BCUT2D eigenvalue weighted by Crippen LogP contribution is 2.55. The number of fused-ring (bicyclic) bond motifs is 3. The Labute approximate surface area is 194 Å². The molecule has 166 valence electrons. The van der Waals surface area contributed by atoms with Crippen molar-refractivity contribution in [2.45, 2.75) is 39.0 Å². The maximum absolute atomic E-state index is 12.9. The van der Waals surface area contributed by atoms with E-state index in [9.17, 15) is 4.79 Å². The lowest BCUT2D eigenvalue weighted by atomic mass is 9.53. The molecule has 0 spiro atoms. The Bertz CT molecular complexity index is 1310. The molecule has 0 amide bonds. The zero-order chi connectivity index (χ0) is 23.4. The maximum Gasteiger partial charge on any atom is 0.226 e. The van der Waals surface area contributed by atoms with Crippen molar-refractivity contribution in [1.82, 2.24) is 9.78 Å². The lowest BCUT2D eigenvalue weighted by molar-refractivity contribution is -0.128. The molecule has 5 heteroatoms. The number of ketones is 1. The summed E-state index contributed by atoms with van der Waals surface area (Å²) in [6, 6.07) is 17.8. The second-order valence-electron chi connectivity index (χ2n) is 9.81. The Kier molecular flexibility index (Phi) is 4.79. The molecule has 2 aliphatic rings. The molecule has 2 atom stereocenters. The zero-order valence-electron chi connectivity index (χ0n) is 19.4. The van der Waals surface area contributed by atoms with Gasteiger partial charge in [0.15, 0.2) is 5.78 Å². The van der Waals surface area contributed by atoms with Gasteiger partial charge in [0.05, 0.1) is 18.0 Å². The number of carbonyl (C=O) groups excluding carboxylic acids is 1. The molecule has 0 radical (unpaired) electrons. The number of hydrogen-bond acceptors (Lipinski definition) is 3. The number of carbonyl (C=O) groups is 1. The topological polar surface area (TPSA) is 48.5 Å². The van der Waals surface area contributed by atoms with Crippen molar-refractivity contribution >= 4 is 5.78 Å². The quantitative estimate of drug-likeness (QED) is 0.464. The molecule has 0 unspecified atom stereocenters. The lowest BCUT2D eigenvalue weighted by Gasteiger charge is -2.49. The third-order valence-electron chi connectivity index (χ3n) is 7.42. The van der Waals surface area contributed by atoms with Crippen LogP contribution in [0, 0.1) is 17.9 Å². The number of allylic oxidation sites excluding steroid dienone is 2. The van der Waals surface area contributed by atoms with Crippen LogP contribution in [0.2, 0.25) is 0 Å². The summed E-state index contributed by atoms with van der Waals surface area (Å²) in [5, 5.41) is 4.96. The summed E-state index contributed by atoms with van der Waals surface area (Å²) < 4.78 is 7.89. The molecule has 1 aromatic heterocycles. The van der Waals surface area contributed by atoms with Crippen LogP contribution in [0.4, 0.5) is 0 Å². The summed E-state index contributed by atoms with van der Waals surface area (Å²) >= 11 is 0. The first-order chi connectivity index (χ1) is 15.8. The number of aryl methyl sites for hydroxylation is 1. The summed E-state index contributed by atoms with van der Waals surface area (Å²) in [5.74, 6) is 1.65. The molecule has 1 heterocycles. The van der Waals surface area contributed by atoms with Gasteiger partial charge in [0.25, 0.3) is 0 Å². The first kappa shape index (κ1) is 21.2. The lowest BCUT2D eigenvalue weighted by Crippen LogP contribution is -2.50. The summed E-state index contributed by atoms with van der Waals surface area (Å²) in [5.41, 5.74) is 3.56. The summed E-state index contributed by atoms with van der Waals surface area (Å²) in [7, 11) is 1.97. The van der Waals surface area contributed by atoms with Gasteiger partial charge in [-0.2, -0.15) is 5.10 Å². The van der Waals surface area contributed by atoms with E-state index in [1.807, 2.05) is 74.1 Å². The molecule has 2 aliphatic carbocycles. The highest BCUT2D eigenvalue weighted by molar-refractivity contribution is 6.02. The third-order valence-corrected chi connectivity index (χ3v) is 7.42. The van der Waals surface area contributed by atoms with Crippen LogP contribution < -0.4 is 4.74 Å². The number of benzene rings is 2. The number of Topliss-reactive ketones (excluding diaryl/α,β-unsaturated/α-hetero) is 1. The van der Waals surface area contributed by atoms with E-state index in [2.05, 4.69) is 23.9 Å². The zero-order valence-corrected chi connectivity index (χ0v) is 19.4. The SMILES string of the molecule is [C-]#[N+]C1=C[C@]2(C)c3nn(C)c(-c4ccc(Oc5ccccc5)cc4)c3CC[C@H]2C(C)(C)C1=O. The van der Waals surface area contributed by atoms with Gasteiger partial charge in [-0.05, 0) is 55.2 Å². The Morgan fingerprint density at radius 2 is 1.73 bits per heavy atom. The minimum Gasteiger partial charge on any atom is -0.457 e. The number of rotatable bonds is 3. The summed E-state index contributed by atoms with van der Waals surface area (Å²) in [4.78, 5) is 16.5. The number of aromatic nitrogens is 2. The van der Waals surface area contributed by atoms with Crippen LogP contribution >= 0.6 is 0 Å². The van der Waals surface area contributed by atoms with Crippen molar-refractivity contribution in [3.63, 3.8) is 0 Å². The van der Waals surface area contributed by atoms with Crippen molar-refractivity contribution in [2.24, 2.45) is 18.4 Å². The molecule has 0 saturated heterocycles. The van der Waals surface area contributed by atoms with Gasteiger partial charge in [-0.3, -0.25) is 4.68 Å². The highest BCUT2D eigenvalue weighted by Gasteiger charge is 2.55. The van der Waals surface area contributed by atoms with Crippen LogP contribution in [0.1, 0.15) is 38.4 Å². The Hall–Kier alpha value is -3.65. The van der Waals surface area contributed by atoms with Crippen molar-refractivity contribution in [1.29, 1.82) is 0 Å². The molecule has 0 fully saturated rings. The molecule has 0 saturated carbocycles. The van der Waals surface area contributed by atoms with Crippen molar-refractivity contribution in [2.75, 3.05) is 0 Å². The molecular weight excluding hydrogens is 410 g/mol. The van der Waals surface area contributed by atoms with Gasteiger partial charge in [0, 0.05) is 29.0 Å². The van der Waals surface area contributed by atoms with Gasteiger partial charge in [-0.1, -0.05) is 45.0 Å². The first-order valence-electron chi connectivity index (χ1n) is 11.3. The second kappa shape index (κ2) is 7.45. The number of hydrogen-bond donors (Lipinski definition) is 0. The van der Waals surface area contributed by atoms with Crippen LogP contribution in [-0.4, -0.2) is 15.6 Å². The van der Waals surface area contributed by atoms with Gasteiger partial charge in [0.1, 0.15) is 11.5 Å². The molecule has 5 rings (SSSR count). The minimum absolute atomic E-state index is 0.0476. The Morgan fingerprint density at radius 3 is 2.39 bits per heavy atom. The maximum atomic E-state index is 12.9. The van der Waals surface area contributed by atoms with E-state index >= 15 is 0 Å². The van der Waals surface area contributed by atoms with Crippen LogP contribution in [0.3, 0.4) is 0 Å². The van der Waals surface area contributed by atoms with Gasteiger partial charge in [-0.15, -0.1) is 0 Å². The average molecular weight is 438 g/mol. The average Bonchev–Trinajstić information content (AvgIpc) is 3.15. The predicted octanol–water partition coefficient (Wildman–Crippen LogP) is 6.11. The fraction of sp³-hybridized carbons (Fsp3) is 0.321. The Morgan fingerprint density at radius 1 is 1.06 bits per heavy atom. The van der Waals surface area contributed by atoms with Gasteiger partial charge in [-0.25, -0.2) is 4.85 Å². The van der Waals surface area contributed by atoms with Crippen molar-refractivity contribution in [3.8, 4) is 22.8 Å². The Balaban J connectivity index is 1.55. The number of nitrogens with zero attached hydrogens (tertiary/aromatic N) is 3. The van der Waals surface area contributed by atoms with Crippen molar-refractivity contribution < 1.29 is 9.53 Å². The van der Waals surface area contributed by atoms with Crippen LogP contribution in [0.15, 0.2) is 66.4 Å². The number of para-hydroxylation sites is 1. The molecular formula is C28H27N3O2. The fourth-order valence-electron chi connectivity index (χ4n) is 5.86. The third kappa shape index (κ3) is 3.21. The molecule has 0 bridgehead atoms. The van der Waals surface area contributed by atoms with Gasteiger partial charge in [0.2, 0.25) is 5.70 Å².